The molecule has 3 nitrogen and oxygen atoms in total. The van der Waals surface area contributed by atoms with Crippen molar-refractivity contribution in [3.63, 3.8) is 0 Å². The molecule has 2 aromatic rings. The van der Waals surface area contributed by atoms with Crippen molar-refractivity contribution < 1.29 is 4.79 Å². The van der Waals surface area contributed by atoms with Gasteiger partial charge in [-0.15, -0.1) is 22.7 Å². The Morgan fingerprint density at radius 2 is 2.25 bits per heavy atom. The van der Waals surface area contributed by atoms with E-state index in [0.29, 0.717) is 22.3 Å². The zero-order chi connectivity index (χ0) is 11.5. The molecule has 2 rings (SSSR count). The maximum absolute atomic E-state index is 11.7. The Kier molecular flexibility index (Phi) is 3.58. The average molecular weight is 273 g/mol. The van der Waals surface area contributed by atoms with E-state index in [4.69, 9.17) is 17.3 Å². The first-order chi connectivity index (χ1) is 7.63. The number of hydrogen-bond donors (Lipinski definition) is 1. The van der Waals surface area contributed by atoms with E-state index >= 15 is 0 Å². The van der Waals surface area contributed by atoms with Crippen LogP contribution in [0.25, 0.3) is 0 Å². The largest absolute Gasteiger partial charge is 0.375 e. The molecule has 2 heterocycles. The molecule has 2 N–H and O–H groups in total. The van der Waals surface area contributed by atoms with E-state index in [0.717, 1.165) is 10.6 Å². The minimum Gasteiger partial charge on any atom is -0.375 e. The number of anilines is 1. The van der Waals surface area contributed by atoms with Gasteiger partial charge in [0.2, 0.25) is 0 Å². The van der Waals surface area contributed by atoms with E-state index < -0.39 is 0 Å². The lowest BCUT2D eigenvalue weighted by molar-refractivity contribution is -0.117. The van der Waals surface area contributed by atoms with Crippen LogP contribution in [-0.4, -0.2) is 10.8 Å². The molecule has 0 bridgehead atoms. The maximum Gasteiger partial charge on any atom is 0.180 e. The fourth-order valence-corrected chi connectivity index (χ4v) is 2.99. The van der Waals surface area contributed by atoms with Crippen molar-refractivity contribution in [1.82, 2.24) is 4.98 Å². The van der Waals surface area contributed by atoms with Crippen molar-refractivity contribution in [2.75, 3.05) is 5.73 Å². The van der Waals surface area contributed by atoms with E-state index in [1.165, 1.54) is 22.7 Å². The summed E-state index contributed by atoms with van der Waals surface area (Å²) >= 11 is 8.57. The zero-order valence-electron chi connectivity index (χ0n) is 8.27. The van der Waals surface area contributed by atoms with E-state index in [2.05, 4.69) is 4.98 Å². The first-order valence-corrected chi connectivity index (χ1v) is 6.66. The van der Waals surface area contributed by atoms with E-state index in [-0.39, 0.29) is 5.78 Å². The van der Waals surface area contributed by atoms with Crippen molar-refractivity contribution in [1.29, 1.82) is 0 Å². The summed E-state index contributed by atoms with van der Waals surface area (Å²) in [7, 11) is 0. The second-order valence-corrected chi connectivity index (χ2v) is 5.96. The van der Waals surface area contributed by atoms with Crippen molar-refractivity contribution in [3.05, 3.63) is 32.4 Å². The summed E-state index contributed by atoms with van der Waals surface area (Å²) in [6.45, 7) is 0. The molecule has 6 heteroatoms. The lowest BCUT2D eigenvalue weighted by atomic mass is 10.1. The van der Waals surface area contributed by atoms with Crippen molar-refractivity contribution >= 4 is 45.2 Å². The number of nitrogens with zero attached hydrogens (tertiary/aromatic N) is 1. The van der Waals surface area contributed by atoms with Crippen LogP contribution in [0.5, 0.6) is 0 Å². The highest BCUT2D eigenvalue weighted by Crippen LogP contribution is 2.22. The van der Waals surface area contributed by atoms with Crippen LogP contribution in [0.4, 0.5) is 5.13 Å². The molecular formula is C10H9ClN2OS2. The van der Waals surface area contributed by atoms with Crippen molar-refractivity contribution in [2.45, 2.75) is 12.8 Å². The topological polar surface area (TPSA) is 56.0 Å². The lowest BCUT2D eigenvalue weighted by Crippen LogP contribution is -2.05. The molecule has 84 valence electrons. The number of Topliss-reactive ketones (excluding diaryl/α,β-unsaturated/α-hetero) is 1. The molecule has 0 unspecified atom stereocenters. The third-order valence-corrected chi connectivity index (χ3v) is 3.90. The molecule has 0 aliphatic heterocycles. The molecule has 0 fully saturated rings. The number of halogens is 1. The van der Waals surface area contributed by atoms with Crippen molar-refractivity contribution in [3.8, 4) is 0 Å². The predicted molar refractivity (Wildman–Crippen MR) is 68.3 cm³/mol. The Morgan fingerprint density at radius 3 is 2.81 bits per heavy atom. The third-order valence-electron chi connectivity index (χ3n) is 1.95. The van der Waals surface area contributed by atoms with Gasteiger partial charge >= 0.3 is 0 Å². The second-order valence-electron chi connectivity index (χ2n) is 3.28. The van der Waals surface area contributed by atoms with Gasteiger partial charge in [-0.3, -0.25) is 4.79 Å². The van der Waals surface area contributed by atoms with Gasteiger partial charge < -0.3 is 5.73 Å². The predicted octanol–water partition coefficient (Wildman–Crippen LogP) is 2.79. The van der Waals surface area contributed by atoms with E-state index in [1.54, 1.807) is 6.07 Å². The molecule has 0 saturated heterocycles. The number of thiazole rings is 1. The molecule has 0 saturated carbocycles. The molecule has 0 amide bonds. The van der Waals surface area contributed by atoms with Crippen LogP contribution in [0.2, 0.25) is 4.34 Å². The lowest BCUT2D eigenvalue weighted by Gasteiger charge is -1.95. The number of nitrogens with two attached hydrogens (primary N) is 1. The number of rotatable bonds is 4. The summed E-state index contributed by atoms with van der Waals surface area (Å²) in [5, 5.41) is 2.32. The first kappa shape index (κ1) is 11.6. The SMILES string of the molecule is Nc1nc(CC(=O)Cc2ccc(Cl)s2)cs1. The van der Waals surface area contributed by atoms with Crippen LogP contribution >= 0.6 is 34.3 Å². The average Bonchev–Trinajstić information content (AvgIpc) is 2.76. The summed E-state index contributed by atoms with van der Waals surface area (Å²) in [5.41, 5.74) is 6.24. The highest BCUT2D eigenvalue weighted by Gasteiger charge is 2.09. The summed E-state index contributed by atoms with van der Waals surface area (Å²) < 4.78 is 0.709. The Hall–Kier alpha value is -0.910. The van der Waals surface area contributed by atoms with Gasteiger partial charge in [0, 0.05) is 23.1 Å². The number of thiophene rings is 1. The van der Waals surface area contributed by atoms with Crippen LogP contribution in [0.1, 0.15) is 10.6 Å². The van der Waals surface area contributed by atoms with Gasteiger partial charge in [-0.1, -0.05) is 11.6 Å². The number of aromatic nitrogens is 1. The van der Waals surface area contributed by atoms with Gasteiger partial charge in [0.25, 0.3) is 0 Å². The molecule has 0 aromatic carbocycles. The van der Waals surface area contributed by atoms with Crippen LogP contribution in [0.15, 0.2) is 17.5 Å². The minimum atomic E-state index is 0.129. The Bertz CT molecular complexity index is 462. The Labute approximate surface area is 106 Å². The normalized spacial score (nSPS) is 10.6. The summed E-state index contributed by atoms with van der Waals surface area (Å²) in [6.07, 6.45) is 0.748. The quantitative estimate of drug-likeness (QED) is 0.931. The zero-order valence-corrected chi connectivity index (χ0v) is 10.7. The van der Waals surface area contributed by atoms with Gasteiger partial charge in [-0.2, -0.15) is 0 Å². The third kappa shape index (κ3) is 3.04. The summed E-state index contributed by atoms with van der Waals surface area (Å²) in [4.78, 5) is 16.7. The van der Waals surface area contributed by atoms with Gasteiger partial charge in [0.1, 0.15) is 5.78 Å². The monoisotopic (exact) mass is 272 g/mol. The summed E-state index contributed by atoms with van der Waals surface area (Å²) in [6, 6.07) is 3.68. The van der Waals surface area contributed by atoms with Crippen LogP contribution in [0.3, 0.4) is 0 Å². The highest BCUT2D eigenvalue weighted by atomic mass is 35.5. The van der Waals surface area contributed by atoms with Crippen LogP contribution in [-0.2, 0) is 17.6 Å². The minimum absolute atomic E-state index is 0.129. The number of nitrogen functional groups attached to an aromatic ring is 1. The molecule has 0 atom stereocenters. The summed E-state index contributed by atoms with van der Waals surface area (Å²) in [5.74, 6) is 0.129. The number of ketones is 1. The van der Waals surface area contributed by atoms with E-state index in [9.17, 15) is 4.79 Å². The van der Waals surface area contributed by atoms with Crippen LogP contribution < -0.4 is 5.73 Å². The van der Waals surface area contributed by atoms with E-state index in [1.807, 2.05) is 11.4 Å². The smallest absolute Gasteiger partial charge is 0.180 e. The standard InChI is InChI=1S/C10H9ClN2OS2/c11-9-2-1-8(16-9)4-7(14)3-6-5-15-10(12)13-6/h1-2,5H,3-4H2,(H2,12,13). The van der Waals surface area contributed by atoms with Gasteiger partial charge in [0.15, 0.2) is 5.13 Å². The Balaban J connectivity index is 1.94. The fraction of sp³-hybridized carbons (Fsp3) is 0.200. The first-order valence-electron chi connectivity index (χ1n) is 4.59. The Morgan fingerprint density at radius 1 is 1.44 bits per heavy atom. The molecular weight excluding hydrogens is 264 g/mol. The molecule has 0 aliphatic carbocycles. The number of hydrogen-bond acceptors (Lipinski definition) is 5. The highest BCUT2D eigenvalue weighted by molar-refractivity contribution is 7.16. The van der Waals surface area contributed by atoms with Crippen molar-refractivity contribution in [2.24, 2.45) is 0 Å². The molecule has 0 aliphatic rings. The molecule has 16 heavy (non-hydrogen) atoms. The maximum atomic E-state index is 11.7. The van der Waals surface area contributed by atoms with Gasteiger partial charge in [-0.05, 0) is 12.1 Å². The van der Waals surface area contributed by atoms with Crippen LogP contribution in [0, 0.1) is 0 Å². The van der Waals surface area contributed by atoms with Gasteiger partial charge in [-0.25, -0.2) is 4.98 Å². The number of carbonyl (C=O) groups is 1. The van der Waals surface area contributed by atoms with Gasteiger partial charge in [0.05, 0.1) is 10.0 Å². The molecule has 0 spiro atoms. The second kappa shape index (κ2) is 4.95. The fourth-order valence-electron chi connectivity index (χ4n) is 1.31. The molecule has 0 radical (unpaired) electrons. The number of carbonyl (C=O) groups excluding carboxylic acids is 1. The molecule has 2 aromatic heterocycles.